The molecule has 0 aliphatic carbocycles. The molecule has 3 aromatic rings. The number of hydrogen-bond acceptors (Lipinski definition) is 2. The summed E-state index contributed by atoms with van der Waals surface area (Å²) in [4.78, 5) is 0. The lowest BCUT2D eigenvalue weighted by molar-refractivity contribution is -0.274. The highest BCUT2D eigenvalue weighted by Crippen LogP contribution is 2.29. The minimum absolute atomic E-state index is 0.215. The maximum Gasteiger partial charge on any atom is 0.573 e. The Balaban J connectivity index is 1.60. The lowest BCUT2D eigenvalue weighted by atomic mass is 10.0. The monoisotopic (exact) mass is 413 g/mol. The molecule has 3 aromatic carbocycles. The lowest BCUT2D eigenvalue weighted by Gasteiger charge is -2.14. The summed E-state index contributed by atoms with van der Waals surface area (Å²) in [6.45, 7) is 2.99. The Hall–Kier alpha value is -2.95. The first-order valence-corrected chi connectivity index (χ1v) is 10.2. The van der Waals surface area contributed by atoms with Crippen LogP contribution in [0.3, 0.4) is 0 Å². The van der Waals surface area contributed by atoms with Crippen molar-refractivity contribution in [3.05, 3.63) is 83.9 Å². The number of aryl methyl sites for hydroxylation is 2. The van der Waals surface area contributed by atoms with Gasteiger partial charge in [-0.15, -0.1) is 13.2 Å². The fraction of sp³-hybridized carbons (Fsp3) is 0.280. The van der Waals surface area contributed by atoms with E-state index < -0.39 is 6.36 Å². The topological polar surface area (TPSA) is 21.3 Å². The Morgan fingerprint density at radius 2 is 1.53 bits per heavy atom. The minimum Gasteiger partial charge on any atom is -0.406 e. The molecule has 0 unspecified atom stereocenters. The molecule has 5 heteroatoms. The zero-order valence-electron chi connectivity index (χ0n) is 17.0. The van der Waals surface area contributed by atoms with E-state index >= 15 is 0 Å². The van der Waals surface area contributed by atoms with Crippen LogP contribution in [0.4, 0.5) is 18.9 Å². The molecular formula is C25H26F3NO. The molecule has 0 bridgehead atoms. The van der Waals surface area contributed by atoms with Gasteiger partial charge in [0.25, 0.3) is 0 Å². The van der Waals surface area contributed by atoms with E-state index in [2.05, 4.69) is 53.4 Å². The van der Waals surface area contributed by atoms with Crippen molar-refractivity contribution >= 4 is 5.69 Å². The number of nitrogens with one attached hydrogen (secondary N) is 1. The fourth-order valence-electron chi connectivity index (χ4n) is 3.40. The molecule has 0 aromatic heterocycles. The lowest BCUT2D eigenvalue weighted by Crippen LogP contribution is -2.16. The molecule has 0 radical (unpaired) electrons. The Morgan fingerprint density at radius 3 is 2.20 bits per heavy atom. The summed E-state index contributed by atoms with van der Waals surface area (Å²) >= 11 is 0. The molecule has 0 amide bonds. The summed E-state index contributed by atoms with van der Waals surface area (Å²) < 4.78 is 41.0. The number of halogens is 3. The van der Waals surface area contributed by atoms with Gasteiger partial charge in [-0.25, -0.2) is 0 Å². The summed E-state index contributed by atoms with van der Waals surface area (Å²) in [7, 11) is 0. The van der Waals surface area contributed by atoms with Crippen molar-refractivity contribution in [3.8, 4) is 16.9 Å². The molecular weight excluding hydrogens is 387 g/mol. The molecule has 0 atom stereocenters. The molecule has 158 valence electrons. The van der Waals surface area contributed by atoms with Crippen LogP contribution in [0.5, 0.6) is 5.75 Å². The highest BCUT2D eigenvalue weighted by molar-refractivity contribution is 5.70. The third-order valence-electron chi connectivity index (χ3n) is 4.96. The molecule has 0 saturated carbocycles. The van der Waals surface area contributed by atoms with Gasteiger partial charge < -0.3 is 10.1 Å². The van der Waals surface area contributed by atoms with Gasteiger partial charge in [0.1, 0.15) is 5.75 Å². The minimum atomic E-state index is -4.68. The second kappa shape index (κ2) is 10.2. The molecule has 1 N–H and O–H groups in total. The number of ether oxygens (including phenoxy) is 1. The van der Waals surface area contributed by atoms with Crippen LogP contribution in [-0.2, 0) is 12.8 Å². The summed E-state index contributed by atoms with van der Waals surface area (Å²) in [6.07, 6.45) is -0.535. The quantitative estimate of drug-likeness (QED) is 0.373. The largest absolute Gasteiger partial charge is 0.573 e. The predicted molar refractivity (Wildman–Crippen MR) is 116 cm³/mol. The van der Waals surface area contributed by atoms with Crippen LogP contribution in [0.2, 0.25) is 0 Å². The van der Waals surface area contributed by atoms with Crippen LogP contribution in [-0.4, -0.2) is 12.9 Å². The molecule has 0 aliphatic rings. The maximum atomic E-state index is 12.3. The van der Waals surface area contributed by atoms with Crippen LogP contribution in [0.25, 0.3) is 11.1 Å². The summed E-state index contributed by atoms with van der Waals surface area (Å²) in [5.74, 6) is -0.215. The van der Waals surface area contributed by atoms with E-state index in [9.17, 15) is 13.2 Å². The first kappa shape index (κ1) is 21.8. The van der Waals surface area contributed by atoms with Crippen LogP contribution in [0.15, 0.2) is 72.8 Å². The van der Waals surface area contributed by atoms with Crippen LogP contribution >= 0.6 is 0 Å². The van der Waals surface area contributed by atoms with Gasteiger partial charge in [-0.2, -0.15) is 0 Å². The van der Waals surface area contributed by atoms with Crippen molar-refractivity contribution in [1.82, 2.24) is 0 Å². The molecule has 0 aliphatic heterocycles. The molecule has 30 heavy (non-hydrogen) atoms. The van der Waals surface area contributed by atoms with Crippen molar-refractivity contribution < 1.29 is 17.9 Å². The third kappa shape index (κ3) is 6.55. The van der Waals surface area contributed by atoms with Gasteiger partial charge >= 0.3 is 6.36 Å². The van der Waals surface area contributed by atoms with Gasteiger partial charge in [-0.05, 0) is 66.1 Å². The van der Waals surface area contributed by atoms with Crippen molar-refractivity contribution in [2.24, 2.45) is 0 Å². The van der Waals surface area contributed by atoms with Crippen molar-refractivity contribution in [2.45, 2.75) is 39.0 Å². The molecule has 3 rings (SSSR count). The van der Waals surface area contributed by atoms with Crippen LogP contribution in [0.1, 0.15) is 30.9 Å². The first-order chi connectivity index (χ1) is 14.4. The number of hydrogen-bond donors (Lipinski definition) is 1. The SMILES string of the molecule is CCc1ccc(-c2ccc(OC(F)(F)F)cc2)cc1NCCCCc1ccccc1. The van der Waals surface area contributed by atoms with E-state index in [0.717, 1.165) is 49.0 Å². The second-order valence-corrected chi connectivity index (χ2v) is 7.17. The van der Waals surface area contributed by atoms with Gasteiger partial charge in [0.15, 0.2) is 0 Å². The third-order valence-corrected chi connectivity index (χ3v) is 4.96. The Labute approximate surface area is 175 Å². The summed E-state index contributed by atoms with van der Waals surface area (Å²) in [6, 6.07) is 22.6. The fourth-order valence-corrected chi connectivity index (χ4v) is 3.40. The van der Waals surface area contributed by atoms with Gasteiger partial charge in [0.2, 0.25) is 0 Å². The molecule has 0 saturated heterocycles. The Morgan fingerprint density at radius 1 is 0.833 bits per heavy atom. The van der Waals surface area contributed by atoms with Crippen molar-refractivity contribution in [2.75, 3.05) is 11.9 Å². The van der Waals surface area contributed by atoms with Crippen molar-refractivity contribution in [3.63, 3.8) is 0 Å². The Bertz CT molecular complexity index is 921. The zero-order chi connectivity index (χ0) is 21.4. The summed E-state index contributed by atoms with van der Waals surface area (Å²) in [5, 5.41) is 3.53. The van der Waals surface area contributed by atoms with E-state index in [0.29, 0.717) is 0 Å². The van der Waals surface area contributed by atoms with Crippen molar-refractivity contribution in [1.29, 1.82) is 0 Å². The number of rotatable bonds is 9. The number of anilines is 1. The second-order valence-electron chi connectivity index (χ2n) is 7.17. The average molecular weight is 413 g/mol. The molecule has 2 nitrogen and oxygen atoms in total. The molecule has 0 spiro atoms. The zero-order valence-corrected chi connectivity index (χ0v) is 17.0. The predicted octanol–water partition coefficient (Wildman–Crippen LogP) is 7.25. The van der Waals surface area contributed by atoms with Gasteiger partial charge in [0, 0.05) is 12.2 Å². The van der Waals surface area contributed by atoms with Crippen LogP contribution < -0.4 is 10.1 Å². The highest BCUT2D eigenvalue weighted by Gasteiger charge is 2.30. The highest BCUT2D eigenvalue weighted by atomic mass is 19.4. The van der Waals surface area contributed by atoms with Crippen LogP contribution in [0, 0.1) is 0 Å². The van der Waals surface area contributed by atoms with E-state index in [1.54, 1.807) is 12.1 Å². The number of unbranched alkanes of at least 4 members (excludes halogenated alkanes) is 1. The standard InChI is InChI=1S/C25H26F3NO/c1-2-20-11-12-22(21-13-15-23(16-14-21)30-25(26,27)28)18-24(20)29-17-7-6-10-19-8-4-3-5-9-19/h3-5,8-9,11-16,18,29H,2,6-7,10,17H2,1H3. The van der Waals surface area contributed by atoms with E-state index in [4.69, 9.17) is 0 Å². The first-order valence-electron chi connectivity index (χ1n) is 10.2. The average Bonchev–Trinajstić information content (AvgIpc) is 2.73. The number of alkyl halides is 3. The molecule has 0 heterocycles. The van der Waals surface area contributed by atoms with E-state index in [1.807, 2.05) is 12.1 Å². The summed E-state index contributed by atoms with van der Waals surface area (Å²) in [5.41, 5.74) is 5.45. The van der Waals surface area contributed by atoms with Gasteiger partial charge in [-0.3, -0.25) is 0 Å². The van der Waals surface area contributed by atoms with Gasteiger partial charge in [-0.1, -0.05) is 61.5 Å². The normalized spacial score (nSPS) is 11.3. The maximum absolute atomic E-state index is 12.3. The van der Waals surface area contributed by atoms with Gasteiger partial charge in [0.05, 0.1) is 0 Å². The molecule has 0 fully saturated rings. The van der Waals surface area contributed by atoms with E-state index in [1.165, 1.54) is 23.3 Å². The number of benzene rings is 3. The Kier molecular flexibility index (Phi) is 7.39. The van der Waals surface area contributed by atoms with E-state index in [-0.39, 0.29) is 5.75 Å². The smallest absolute Gasteiger partial charge is 0.406 e.